The van der Waals surface area contributed by atoms with Crippen molar-refractivity contribution < 1.29 is 14.4 Å². The highest BCUT2D eigenvalue weighted by Gasteiger charge is 2.27. The summed E-state index contributed by atoms with van der Waals surface area (Å²) in [6.07, 6.45) is 9.74. The fourth-order valence-electron chi connectivity index (χ4n) is 4.58. The number of rotatable bonds is 18. The lowest BCUT2D eigenvalue weighted by atomic mass is 9.80. The molecule has 0 aliphatic carbocycles. The second-order valence-electron chi connectivity index (χ2n) is 11.6. The molecule has 2 aromatic rings. The van der Waals surface area contributed by atoms with Gasteiger partial charge in [0, 0.05) is 36.5 Å². The Bertz CT molecular complexity index is 864. The van der Waals surface area contributed by atoms with Crippen LogP contribution in [0.3, 0.4) is 0 Å². The summed E-state index contributed by atoms with van der Waals surface area (Å²) in [6.45, 7) is 8.17. The van der Waals surface area contributed by atoms with Gasteiger partial charge in [-0.15, -0.1) is 0 Å². The van der Waals surface area contributed by atoms with Crippen LogP contribution < -0.4 is 0 Å². The van der Waals surface area contributed by atoms with Gasteiger partial charge in [0.25, 0.3) is 0 Å². The van der Waals surface area contributed by atoms with E-state index in [2.05, 4.69) is 0 Å². The molecule has 2 rings (SSSR count). The molecule has 36 heavy (non-hydrogen) atoms. The topological polar surface area (TPSA) is 51.2 Å². The Hall–Kier alpha value is -2.55. The minimum absolute atomic E-state index is 0.287. The highest BCUT2D eigenvalue weighted by molar-refractivity contribution is 5.86. The van der Waals surface area contributed by atoms with E-state index in [4.69, 9.17) is 0 Å². The molecule has 3 heteroatoms. The van der Waals surface area contributed by atoms with Gasteiger partial charge in [0.1, 0.15) is 17.3 Å². The molecule has 3 nitrogen and oxygen atoms in total. The van der Waals surface area contributed by atoms with Crippen molar-refractivity contribution in [2.24, 2.45) is 10.8 Å². The van der Waals surface area contributed by atoms with Gasteiger partial charge < -0.3 is 0 Å². The minimum atomic E-state index is -0.323. The molecule has 0 aromatic heterocycles. The zero-order chi connectivity index (χ0) is 26.4. The van der Waals surface area contributed by atoms with Crippen LogP contribution in [0, 0.1) is 10.8 Å². The summed E-state index contributed by atoms with van der Waals surface area (Å²) in [5.41, 5.74) is 1.50. The smallest absolute Gasteiger partial charge is 0.142 e. The van der Waals surface area contributed by atoms with E-state index in [0.717, 1.165) is 62.5 Å². The molecule has 0 amide bonds. The SMILES string of the molecule is CC(C)(CCCCCC(=O)CCCCCC(C)(C)C(=O)Cc1ccccc1)C(=O)Cc1ccccc1. The molecule has 0 spiro atoms. The van der Waals surface area contributed by atoms with Gasteiger partial charge in [0.05, 0.1) is 0 Å². The third kappa shape index (κ3) is 11.0. The quantitative estimate of drug-likeness (QED) is 0.198. The number of carbonyl (C=O) groups is 3. The number of Topliss-reactive ketones (excluding diaryl/α,β-unsaturated/α-hetero) is 3. The number of unbranched alkanes of at least 4 members (excludes halogenated alkanes) is 4. The van der Waals surface area contributed by atoms with E-state index in [1.165, 1.54) is 0 Å². The Morgan fingerprint density at radius 1 is 0.528 bits per heavy atom. The fourth-order valence-corrected chi connectivity index (χ4v) is 4.58. The Kier molecular flexibility index (Phi) is 12.3. The first-order valence-electron chi connectivity index (χ1n) is 13.8. The molecule has 0 N–H and O–H groups in total. The van der Waals surface area contributed by atoms with Gasteiger partial charge in [-0.25, -0.2) is 0 Å². The van der Waals surface area contributed by atoms with Crippen molar-refractivity contribution in [1.29, 1.82) is 0 Å². The Morgan fingerprint density at radius 2 is 0.889 bits per heavy atom. The molecule has 0 saturated carbocycles. The van der Waals surface area contributed by atoms with E-state index in [1.807, 2.05) is 88.4 Å². The molecular weight excluding hydrogens is 444 g/mol. The van der Waals surface area contributed by atoms with Crippen molar-refractivity contribution in [2.75, 3.05) is 0 Å². The van der Waals surface area contributed by atoms with Crippen LogP contribution in [0.1, 0.15) is 103 Å². The van der Waals surface area contributed by atoms with Gasteiger partial charge in [-0.2, -0.15) is 0 Å². The lowest BCUT2D eigenvalue weighted by molar-refractivity contribution is -0.127. The molecule has 0 unspecified atom stereocenters. The van der Waals surface area contributed by atoms with Gasteiger partial charge in [-0.3, -0.25) is 14.4 Å². The fraction of sp³-hybridized carbons (Fsp3) is 0.545. The second-order valence-corrected chi connectivity index (χ2v) is 11.6. The molecule has 196 valence electrons. The average Bonchev–Trinajstić information content (AvgIpc) is 2.84. The van der Waals surface area contributed by atoms with Crippen LogP contribution in [0.25, 0.3) is 0 Å². The molecule has 0 radical (unpaired) electrons. The summed E-state index contributed by atoms with van der Waals surface area (Å²) in [5, 5.41) is 0. The molecule has 0 bridgehead atoms. The first kappa shape index (κ1) is 29.7. The number of carbonyl (C=O) groups excluding carboxylic acids is 3. The van der Waals surface area contributed by atoms with Gasteiger partial charge in [0.2, 0.25) is 0 Å². The van der Waals surface area contributed by atoms with Crippen molar-refractivity contribution in [2.45, 2.75) is 105 Å². The first-order chi connectivity index (χ1) is 17.1. The molecular formula is C33H46O3. The van der Waals surface area contributed by atoms with Crippen molar-refractivity contribution in [3.05, 3.63) is 71.8 Å². The van der Waals surface area contributed by atoms with Crippen LogP contribution >= 0.6 is 0 Å². The van der Waals surface area contributed by atoms with Crippen LogP contribution in [0.15, 0.2) is 60.7 Å². The average molecular weight is 491 g/mol. The molecule has 0 aliphatic rings. The largest absolute Gasteiger partial charge is 0.300 e. The number of hydrogen-bond donors (Lipinski definition) is 0. The van der Waals surface area contributed by atoms with E-state index >= 15 is 0 Å². The maximum atomic E-state index is 12.7. The lowest BCUT2D eigenvalue weighted by Gasteiger charge is -2.23. The number of ketones is 3. The molecule has 0 aliphatic heterocycles. The molecule has 0 heterocycles. The number of benzene rings is 2. The van der Waals surface area contributed by atoms with E-state index < -0.39 is 0 Å². The standard InChI is InChI=1S/C33H46O3/c1-32(2,30(35)25-27-17-9-5-10-18-27)23-15-7-13-21-29(34)22-14-8-16-24-33(3,4)31(36)26-28-19-11-6-12-20-28/h5-6,9-12,17-20H,7-8,13-16,21-26H2,1-4H3. The van der Waals surface area contributed by atoms with E-state index in [9.17, 15) is 14.4 Å². The normalized spacial score (nSPS) is 11.9. The summed E-state index contributed by atoms with van der Waals surface area (Å²) in [5.74, 6) is 0.915. The van der Waals surface area contributed by atoms with Gasteiger partial charge in [0.15, 0.2) is 0 Å². The lowest BCUT2D eigenvalue weighted by Crippen LogP contribution is -2.26. The monoisotopic (exact) mass is 490 g/mol. The van der Waals surface area contributed by atoms with E-state index in [-0.39, 0.29) is 22.4 Å². The highest BCUT2D eigenvalue weighted by atomic mass is 16.1. The Morgan fingerprint density at radius 3 is 1.25 bits per heavy atom. The third-order valence-corrected chi connectivity index (χ3v) is 7.44. The summed E-state index contributed by atoms with van der Waals surface area (Å²) in [6, 6.07) is 19.9. The molecule has 0 saturated heterocycles. The van der Waals surface area contributed by atoms with Gasteiger partial charge >= 0.3 is 0 Å². The summed E-state index contributed by atoms with van der Waals surface area (Å²) in [4.78, 5) is 37.7. The maximum Gasteiger partial charge on any atom is 0.142 e. The van der Waals surface area contributed by atoms with Crippen LogP contribution in [0.4, 0.5) is 0 Å². The molecule has 0 atom stereocenters. The number of hydrogen-bond acceptors (Lipinski definition) is 3. The van der Waals surface area contributed by atoms with E-state index in [0.29, 0.717) is 31.5 Å². The van der Waals surface area contributed by atoms with Crippen molar-refractivity contribution in [3.8, 4) is 0 Å². The van der Waals surface area contributed by atoms with E-state index in [1.54, 1.807) is 0 Å². The summed E-state index contributed by atoms with van der Waals surface area (Å²) < 4.78 is 0. The molecule has 2 aromatic carbocycles. The van der Waals surface area contributed by atoms with Gasteiger partial charge in [-0.05, 0) is 36.8 Å². The van der Waals surface area contributed by atoms with Crippen molar-refractivity contribution >= 4 is 17.3 Å². The predicted molar refractivity (Wildman–Crippen MR) is 149 cm³/mol. The van der Waals surface area contributed by atoms with Crippen LogP contribution in [-0.4, -0.2) is 17.3 Å². The van der Waals surface area contributed by atoms with Crippen molar-refractivity contribution in [1.82, 2.24) is 0 Å². The Labute approximate surface area is 219 Å². The Balaban J connectivity index is 1.53. The zero-order valence-corrected chi connectivity index (χ0v) is 23.0. The zero-order valence-electron chi connectivity index (χ0n) is 23.0. The van der Waals surface area contributed by atoms with Gasteiger partial charge in [-0.1, -0.05) is 114 Å². The first-order valence-corrected chi connectivity index (χ1v) is 13.8. The van der Waals surface area contributed by atoms with Crippen LogP contribution in [0.5, 0.6) is 0 Å². The highest BCUT2D eigenvalue weighted by Crippen LogP contribution is 2.28. The minimum Gasteiger partial charge on any atom is -0.300 e. The maximum absolute atomic E-state index is 12.7. The second kappa shape index (κ2) is 14.9. The van der Waals surface area contributed by atoms with Crippen LogP contribution in [0.2, 0.25) is 0 Å². The summed E-state index contributed by atoms with van der Waals surface area (Å²) in [7, 11) is 0. The van der Waals surface area contributed by atoms with Crippen LogP contribution in [-0.2, 0) is 27.2 Å². The molecule has 0 fully saturated rings. The third-order valence-electron chi connectivity index (χ3n) is 7.44. The predicted octanol–water partition coefficient (Wildman–Crippen LogP) is 8.13. The van der Waals surface area contributed by atoms with Crippen molar-refractivity contribution in [3.63, 3.8) is 0 Å². The summed E-state index contributed by atoms with van der Waals surface area (Å²) >= 11 is 0.